The molecule has 7 nitrogen and oxygen atoms in total. The molecule has 1 aromatic carbocycles. The third-order valence-electron chi connectivity index (χ3n) is 3.75. The molecule has 0 aliphatic rings. The Morgan fingerprint density at radius 1 is 1.15 bits per heavy atom. The van der Waals surface area contributed by atoms with Crippen LogP contribution in [-0.2, 0) is 25.5 Å². The summed E-state index contributed by atoms with van der Waals surface area (Å²) in [6.07, 6.45) is 0.332. The normalized spacial score (nSPS) is 10.9. The summed E-state index contributed by atoms with van der Waals surface area (Å²) in [7, 11) is 0. The van der Waals surface area contributed by atoms with Crippen molar-refractivity contribution in [1.29, 1.82) is 0 Å². The van der Waals surface area contributed by atoms with Gasteiger partial charge in [0.05, 0.1) is 12.7 Å². The summed E-state index contributed by atoms with van der Waals surface area (Å²) >= 11 is 0. The number of rotatable bonds is 8. The highest BCUT2D eigenvalue weighted by Gasteiger charge is 2.15. The van der Waals surface area contributed by atoms with Gasteiger partial charge in [-0.15, -0.1) is 0 Å². The number of hydrogen-bond acceptors (Lipinski definition) is 7. The van der Waals surface area contributed by atoms with E-state index in [1.807, 2.05) is 0 Å². The second-order valence-corrected chi connectivity index (χ2v) is 6.34. The molecular formula is C20H24O7. The summed E-state index contributed by atoms with van der Waals surface area (Å²) < 4.78 is 20.8. The maximum absolute atomic E-state index is 11.9. The molecule has 0 atom stereocenters. The molecule has 146 valence electrons. The molecule has 1 aromatic heterocycles. The zero-order valence-corrected chi connectivity index (χ0v) is 16.0. The summed E-state index contributed by atoms with van der Waals surface area (Å²) in [4.78, 5) is 35.1. The monoisotopic (exact) mass is 376 g/mol. The van der Waals surface area contributed by atoms with Crippen molar-refractivity contribution < 1.29 is 28.2 Å². The number of aryl methyl sites for hydroxylation is 2. The maximum atomic E-state index is 11.9. The lowest BCUT2D eigenvalue weighted by Crippen LogP contribution is -2.16. The first kappa shape index (κ1) is 20.5. The van der Waals surface area contributed by atoms with Crippen LogP contribution in [0.2, 0.25) is 0 Å². The molecule has 27 heavy (non-hydrogen) atoms. The molecule has 0 amide bonds. The standard InChI is InChI=1S/C20H24O7/c1-5-24-20(23)11-25-16-10-17-15(13(4)8-19(22)27-17)9-14(16)6-7-18(21)26-12(2)3/h8-10,12H,5-7,11H2,1-4H3. The number of ether oxygens (including phenoxy) is 3. The average Bonchev–Trinajstić information content (AvgIpc) is 2.57. The Kier molecular flexibility index (Phi) is 6.98. The Labute approximate surface area is 157 Å². The van der Waals surface area contributed by atoms with Gasteiger partial charge in [-0.3, -0.25) is 4.79 Å². The Balaban J connectivity index is 2.32. The number of carbonyl (C=O) groups excluding carboxylic acids is 2. The van der Waals surface area contributed by atoms with Gasteiger partial charge in [0.2, 0.25) is 0 Å². The van der Waals surface area contributed by atoms with Crippen molar-refractivity contribution in [2.24, 2.45) is 0 Å². The quantitative estimate of drug-likeness (QED) is 0.517. The molecule has 7 heteroatoms. The third kappa shape index (κ3) is 5.84. The van der Waals surface area contributed by atoms with Crippen molar-refractivity contribution in [3.63, 3.8) is 0 Å². The molecule has 0 spiro atoms. The number of esters is 2. The molecular weight excluding hydrogens is 352 g/mol. The van der Waals surface area contributed by atoms with Gasteiger partial charge in [-0.05, 0) is 51.3 Å². The van der Waals surface area contributed by atoms with Gasteiger partial charge in [0.1, 0.15) is 11.3 Å². The molecule has 0 N–H and O–H groups in total. The minimum Gasteiger partial charge on any atom is -0.481 e. The van der Waals surface area contributed by atoms with E-state index in [9.17, 15) is 14.4 Å². The van der Waals surface area contributed by atoms with Crippen LogP contribution in [0.4, 0.5) is 0 Å². The van der Waals surface area contributed by atoms with Crippen molar-refractivity contribution in [3.8, 4) is 5.75 Å². The molecule has 0 fully saturated rings. The van der Waals surface area contributed by atoms with E-state index in [-0.39, 0.29) is 31.7 Å². The smallest absolute Gasteiger partial charge is 0.344 e. The number of benzene rings is 1. The highest BCUT2D eigenvalue weighted by atomic mass is 16.6. The van der Waals surface area contributed by atoms with E-state index in [4.69, 9.17) is 18.6 Å². The SMILES string of the molecule is CCOC(=O)COc1cc2oc(=O)cc(C)c2cc1CCC(=O)OC(C)C. The van der Waals surface area contributed by atoms with Crippen LogP contribution in [0.3, 0.4) is 0 Å². The fourth-order valence-electron chi connectivity index (χ4n) is 2.62. The Morgan fingerprint density at radius 3 is 2.56 bits per heavy atom. The zero-order chi connectivity index (χ0) is 20.0. The van der Waals surface area contributed by atoms with Gasteiger partial charge in [-0.25, -0.2) is 9.59 Å². The lowest BCUT2D eigenvalue weighted by Gasteiger charge is -2.13. The lowest BCUT2D eigenvalue weighted by atomic mass is 10.0. The molecule has 2 aromatic rings. The van der Waals surface area contributed by atoms with E-state index in [1.54, 1.807) is 39.8 Å². The second kappa shape index (κ2) is 9.21. The average molecular weight is 376 g/mol. The fraction of sp³-hybridized carbons (Fsp3) is 0.450. The van der Waals surface area contributed by atoms with Gasteiger partial charge in [-0.2, -0.15) is 0 Å². The van der Waals surface area contributed by atoms with Crippen molar-refractivity contribution >= 4 is 22.9 Å². The maximum Gasteiger partial charge on any atom is 0.344 e. The van der Waals surface area contributed by atoms with Crippen LogP contribution in [0.1, 0.15) is 38.3 Å². The summed E-state index contributed by atoms with van der Waals surface area (Å²) in [5, 5.41) is 0.741. The van der Waals surface area contributed by atoms with Crippen LogP contribution >= 0.6 is 0 Å². The third-order valence-corrected chi connectivity index (χ3v) is 3.75. The minimum absolute atomic E-state index is 0.162. The Hall–Kier alpha value is -2.83. The first-order chi connectivity index (χ1) is 12.8. The van der Waals surface area contributed by atoms with Gasteiger partial charge >= 0.3 is 17.6 Å². The summed E-state index contributed by atoms with van der Waals surface area (Å²) in [6.45, 7) is 7.05. The van der Waals surface area contributed by atoms with Crippen molar-refractivity contribution in [1.82, 2.24) is 0 Å². The second-order valence-electron chi connectivity index (χ2n) is 6.34. The van der Waals surface area contributed by atoms with Crippen LogP contribution in [0.25, 0.3) is 11.0 Å². The molecule has 0 aliphatic carbocycles. The first-order valence-electron chi connectivity index (χ1n) is 8.85. The van der Waals surface area contributed by atoms with Crippen LogP contribution in [0.5, 0.6) is 5.75 Å². The minimum atomic E-state index is -0.506. The van der Waals surface area contributed by atoms with Crippen molar-refractivity contribution in [2.75, 3.05) is 13.2 Å². The molecule has 0 unspecified atom stereocenters. The van der Waals surface area contributed by atoms with E-state index in [0.717, 1.165) is 10.9 Å². The van der Waals surface area contributed by atoms with Gasteiger partial charge < -0.3 is 18.6 Å². The van der Waals surface area contributed by atoms with E-state index in [0.29, 0.717) is 23.3 Å². The van der Waals surface area contributed by atoms with Crippen LogP contribution < -0.4 is 10.4 Å². The highest BCUT2D eigenvalue weighted by molar-refractivity contribution is 5.83. The zero-order valence-electron chi connectivity index (χ0n) is 16.0. The fourth-order valence-corrected chi connectivity index (χ4v) is 2.62. The number of hydrogen-bond donors (Lipinski definition) is 0. The van der Waals surface area contributed by atoms with E-state index < -0.39 is 11.6 Å². The molecule has 0 aliphatic heterocycles. The van der Waals surface area contributed by atoms with Gasteiger partial charge in [0.25, 0.3) is 0 Å². The van der Waals surface area contributed by atoms with E-state index in [2.05, 4.69) is 0 Å². The van der Waals surface area contributed by atoms with E-state index in [1.165, 1.54) is 6.07 Å². The van der Waals surface area contributed by atoms with E-state index >= 15 is 0 Å². The van der Waals surface area contributed by atoms with Crippen molar-refractivity contribution in [2.45, 2.75) is 46.6 Å². The largest absolute Gasteiger partial charge is 0.481 e. The number of fused-ring (bicyclic) bond motifs is 1. The summed E-state index contributed by atoms with van der Waals surface area (Å²) in [5.41, 5.74) is 1.35. The van der Waals surface area contributed by atoms with Crippen LogP contribution in [0, 0.1) is 6.92 Å². The predicted octanol–water partition coefficient (Wildman–Crippen LogP) is 2.93. The molecule has 0 saturated heterocycles. The van der Waals surface area contributed by atoms with Crippen LogP contribution in [-0.4, -0.2) is 31.3 Å². The molecule has 2 rings (SSSR count). The van der Waals surface area contributed by atoms with Gasteiger partial charge in [0.15, 0.2) is 6.61 Å². The van der Waals surface area contributed by atoms with Gasteiger partial charge in [0, 0.05) is 23.9 Å². The van der Waals surface area contributed by atoms with Crippen molar-refractivity contribution in [3.05, 3.63) is 39.7 Å². The Bertz CT molecular complexity index is 880. The summed E-state index contributed by atoms with van der Waals surface area (Å²) in [5.74, 6) is -0.465. The Morgan fingerprint density at radius 2 is 1.89 bits per heavy atom. The molecule has 1 heterocycles. The molecule has 0 bridgehead atoms. The summed E-state index contributed by atoms with van der Waals surface area (Å²) in [6, 6.07) is 4.76. The van der Waals surface area contributed by atoms with Crippen LogP contribution in [0.15, 0.2) is 27.4 Å². The van der Waals surface area contributed by atoms with Gasteiger partial charge in [-0.1, -0.05) is 0 Å². The first-order valence-corrected chi connectivity index (χ1v) is 8.85. The molecule has 0 saturated carbocycles. The topological polar surface area (TPSA) is 92.0 Å². The predicted molar refractivity (Wildman–Crippen MR) is 98.9 cm³/mol. The highest BCUT2D eigenvalue weighted by Crippen LogP contribution is 2.28. The molecule has 0 radical (unpaired) electrons. The lowest BCUT2D eigenvalue weighted by molar-refractivity contribution is -0.147. The number of carbonyl (C=O) groups is 2.